The molecule has 1 atom stereocenters. The molecule has 2 saturated heterocycles. The molecule has 0 spiro atoms. The van der Waals surface area contributed by atoms with Gasteiger partial charge in [-0.15, -0.1) is 0 Å². The Hall–Kier alpha value is -2.68. The molecular weight excluding hydrogens is 406 g/mol. The fraction of sp³-hybridized carbons (Fsp3) is 0.476. The van der Waals surface area contributed by atoms with E-state index in [9.17, 15) is 22.8 Å². The normalized spacial score (nSPS) is 21.5. The Morgan fingerprint density at radius 2 is 1.73 bits per heavy atom. The van der Waals surface area contributed by atoms with Crippen LogP contribution in [0, 0.1) is 11.8 Å². The number of rotatable bonds is 5. The molecule has 2 aliphatic heterocycles. The first kappa shape index (κ1) is 22.0. The van der Waals surface area contributed by atoms with Crippen LogP contribution >= 0.6 is 0 Å². The minimum absolute atomic E-state index is 0.0274. The van der Waals surface area contributed by atoms with Gasteiger partial charge < -0.3 is 4.90 Å². The summed E-state index contributed by atoms with van der Waals surface area (Å²) in [5.74, 6) is -1.07. The maximum absolute atomic E-state index is 12.3. The maximum Gasteiger partial charge on any atom is 0.246 e. The first-order chi connectivity index (χ1) is 14.3. The molecule has 8 nitrogen and oxygen atoms in total. The Labute approximate surface area is 176 Å². The Morgan fingerprint density at radius 3 is 2.37 bits per heavy atom. The molecule has 1 aromatic carbocycles. The van der Waals surface area contributed by atoms with Crippen LogP contribution in [0.15, 0.2) is 36.4 Å². The van der Waals surface area contributed by atoms with E-state index in [0.717, 1.165) is 5.56 Å². The maximum atomic E-state index is 12.3. The number of sulfone groups is 1. The van der Waals surface area contributed by atoms with Gasteiger partial charge in [-0.25, -0.2) is 8.42 Å². The van der Waals surface area contributed by atoms with E-state index in [-0.39, 0.29) is 47.5 Å². The van der Waals surface area contributed by atoms with Crippen LogP contribution in [-0.4, -0.2) is 55.6 Å². The first-order valence-electron chi connectivity index (χ1n) is 10.1. The summed E-state index contributed by atoms with van der Waals surface area (Å²) < 4.78 is 22.9. The molecule has 2 heterocycles. The summed E-state index contributed by atoms with van der Waals surface area (Å²) in [5.41, 5.74) is 5.76. The summed E-state index contributed by atoms with van der Waals surface area (Å²) in [7, 11) is -3.03. The van der Waals surface area contributed by atoms with Gasteiger partial charge in [0.15, 0.2) is 9.84 Å². The molecule has 9 heteroatoms. The van der Waals surface area contributed by atoms with E-state index >= 15 is 0 Å². The van der Waals surface area contributed by atoms with Gasteiger partial charge in [0.2, 0.25) is 17.7 Å². The van der Waals surface area contributed by atoms with E-state index < -0.39 is 9.84 Å². The molecule has 3 rings (SSSR count). The number of hydrogen-bond acceptors (Lipinski definition) is 5. The predicted molar refractivity (Wildman–Crippen MR) is 112 cm³/mol. The van der Waals surface area contributed by atoms with Crippen LogP contribution in [0.5, 0.6) is 0 Å². The zero-order valence-electron chi connectivity index (χ0n) is 16.7. The fourth-order valence-corrected chi connectivity index (χ4v) is 5.64. The Kier molecular flexibility index (Phi) is 7.25. The average molecular weight is 434 g/mol. The van der Waals surface area contributed by atoms with Crippen LogP contribution in [-0.2, 0) is 24.2 Å². The zero-order chi connectivity index (χ0) is 21.6. The van der Waals surface area contributed by atoms with Crippen LogP contribution < -0.4 is 10.9 Å². The number of benzene rings is 1. The van der Waals surface area contributed by atoms with E-state index in [0.29, 0.717) is 32.4 Å². The Bertz CT molecular complexity index is 906. The van der Waals surface area contributed by atoms with Crippen molar-refractivity contribution in [2.24, 2.45) is 11.8 Å². The van der Waals surface area contributed by atoms with Gasteiger partial charge in [-0.2, -0.15) is 0 Å². The number of hydrazine groups is 1. The topological polar surface area (TPSA) is 113 Å². The quantitative estimate of drug-likeness (QED) is 0.529. The van der Waals surface area contributed by atoms with Gasteiger partial charge in [0.05, 0.1) is 11.5 Å². The minimum Gasteiger partial charge on any atom is -0.339 e. The third-order valence-electron chi connectivity index (χ3n) is 5.52. The average Bonchev–Trinajstić information content (AvgIpc) is 3.09. The van der Waals surface area contributed by atoms with Crippen molar-refractivity contribution >= 4 is 33.6 Å². The minimum atomic E-state index is -3.03. The molecule has 0 bridgehead atoms. The molecule has 0 aromatic heterocycles. The number of carbonyl (C=O) groups is 3. The largest absolute Gasteiger partial charge is 0.339 e. The van der Waals surface area contributed by atoms with Crippen LogP contribution in [0.3, 0.4) is 0 Å². The second kappa shape index (κ2) is 9.88. The van der Waals surface area contributed by atoms with Gasteiger partial charge in [0.1, 0.15) is 0 Å². The highest BCUT2D eigenvalue weighted by atomic mass is 32.2. The van der Waals surface area contributed by atoms with E-state index in [1.54, 1.807) is 17.1 Å². The van der Waals surface area contributed by atoms with Crippen LogP contribution in [0.25, 0.3) is 6.08 Å². The van der Waals surface area contributed by atoms with Gasteiger partial charge in [0.25, 0.3) is 0 Å². The summed E-state index contributed by atoms with van der Waals surface area (Å²) in [6.45, 7) is 0.952. The molecule has 1 unspecified atom stereocenters. The number of likely N-dealkylation sites (tertiary alicyclic amines) is 1. The van der Waals surface area contributed by atoms with Crippen LogP contribution in [0.4, 0.5) is 0 Å². The number of nitrogens with zero attached hydrogens (tertiary/aromatic N) is 1. The van der Waals surface area contributed by atoms with Crippen LogP contribution in [0.2, 0.25) is 0 Å². The summed E-state index contributed by atoms with van der Waals surface area (Å²) >= 11 is 0. The predicted octanol–water partition coefficient (Wildman–Crippen LogP) is 0.911. The highest BCUT2D eigenvalue weighted by Gasteiger charge is 2.30. The summed E-state index contributed by atoms with van der Waals surface area (Å²) in [5, 5.41) is 0. The van der Waals surface area contributed by atoms with Crippen molar-refractivity contribution in [3.05, 3.63) is 42.0 Å². The molecule has 1 aromatic rings. The van der Waals surface area contributed by atoms with Crippen molar-refractivity contribution in [1.82, 2.24) is 15.8 Å². The number of carbonyl (C=O) groups excluding carboxylic acids is 3. The molecule has 0 saturated carbocycles. The van der Waals surface area contributed by atoms with Crippen LogP contribution in [0.1, 0.15) is 31.2 Å². The molecule has 2 N–H and O–H groups in total. The lowest BCUT2D eigenvalue weighted by molar-refractivity contribution is -0.134. The summed E-state index contributed by atoms with van der Waals surface area (Å²) in [4.78, 5) is 38.3. The summed E-state index contributed by atoms with van der Waals surface area (Å²) in [6, 6.07) is 9.56. The third-order valence-corrected chi connectivity index (χ3v) is 7.36. The van der Waals surface area contributed by atoms with Gasteiger partial charge in [-0.1, -0.05) is 30.3 Å². The molecule has 2 fully saturated rings. The van der Waals surface area contributed by atoms with E-state index in [4.69, 9.17) is 0 Å². The smallest absolute Gasteiger partial charge is 0.246 e. The van der Waals surface area contributed by atoms with E-state index in [2.05, 4.69) is 10.9 Å². The molecule has 0 aliphatic carbocycles. The second-order valence-corrected chi connectivity index (χ2v) is 10.1. The first-order valence-corrected chi connectivity index (χ1v) is 12.0. The van der Waals surface area contributed by atoms with Gasteiger partial charge in [-0.05, 0) is 36.8 Å². The molecule has 0 radical (unpaired) electrons. The van der Waals surface area contributed by atoms with Gasteiger partial charge in [-0.3, -0.25) is 25.2 Å². The fourth-order valence-electron chi connectivity index (χ4n) is 3.78. The summed E-state index contributed by atoms with van der Waals surface area (Å²) in [6.07, 6.45) is 4.92. The number of hydrogen-bond donors (Lipinski definition) is 2. The van der Waals surface area contributed by atoms with Crippen molar-refractivity contribution in [3.63, 3.8) is 0 Å². The highest BCUT2D eigenvalue weighted by molar-refractivity contribution is 7.91. The highest BCUT2D eigenvalue weighted by Crippen LogP contribution is 2.21. The number of piperidine rings is 1. The zero-order valence-corrected chi connectivity index (χ0v) is 17.6. The monoisotopic (exact) mass is 433 g/mol. The number of amides is 3. The van der Waals surface area contributed by atoms with Crippen molar-refractivity contribution < 1.29 is 22.8 Å². The molecular formula is C21H27N3O5S. The molecule has 30 heavy (non-hydrogen) atoms. The van der Waals surface area contributed by atoms with Gasteiger partial charge in [0, 0.05) is 31.5 Å². The lowest BCUT2D eigenvalue weighted by Gasteiger charge is -2.30. The van der Waals surface area contributed by atoms with Crippen molar-refractivity contribution in [2.45, 2.75) is 25.7 Å². The lowest BCUT2D eigenvalue weighted by atomic mass is 9.96. The third kappa shape index (κ3) is 6.41. The number of nitrogens with one attached hydrogen (secondary N) is 2. The lowest BCUT2D eigenvalue weighted by Crippen LogP contribution is -2.48. The molecule has 2 aliphatic rings. The Balaban J connectivity index is 1.37. The second-order valence-electron chi connectivity index (χ2n) is 7.85. The molecule has 3 amide bonds. The molecule has 162 valence electrons. The van der Waals surface area contributed by atoms with Crippen molar-refractivity contribution in [3.8, 4) is 0 Å². The van der Waals surface area contributed by atoms with E-state index in [1.165, 1.54) is 0 Å². The Morgan fingerprint density at radius 1 is 1.03 bits per heavy atom. The van der Waals surface area contributed by atoms with E-state index in [1.807, 2.05) is 30.3 Å². The SMILES string of the molecule is O=C(CC1CCS(=O)(=O)C1)NNC(=O)C1CCN(C(=O)/C=C/c2ccccc2)CC1. The van der Waals surface area contributed by atoms with Gasteiger partial charge >= 0.3 is 0 Å². The van der Waals surface area contributed by atoms with Crippen molar-refractivity contribution in [2.75, 3.05) is 24.6 Å². The standard InChI is InChI=1S/C21H27N3O5S/c25-19(14-17-10-13-30(28,29)15-17)22-23-21(27)18-8-11-24(12-9-18)20(26)7-6-16-4-2-1-3-5-16/h1-7,17-18H,8-15H2,(H,22,25)(H,23,27)/b7-6+. The van der Waals surface area contributed by atoms with Crippen molar-refractivity contribution in [1.29, 1.82) is 0 Å².